The van der Waals surface area contributed by atoms with E-state index in [1.807, 2.05) is 24.3 Å². The van der Waals surface area contributed by atoms with Crippen LogP contribution in [0, 0.1) is 11.8 Å². The highest BCUT2D eigenvalue weighted by atomic mass is 16.3. The van der Waals surface area contributed by atoms with E-state index in [-0.39, 0.29) is 18.4 Å². The van der Waals surface area contributed by atoms with E-state index in [9.17, 15) is 9.90 Å². The summed E-state index contributed by atoms with van der Waals surface area (Å²) in [7, 11) is 0. The van der Waals surface area contributed by atoms with Gasteiger partial charge < -0.3 is 10.4 Å². The molecule has 1 aromatic carbocycles. The lowest BCUT2D eigenvalue weighted by molar-refractivity contribution is -0.126. The summed E-state index contributed by atoms with van der Waals surface area (Å²) < 4.78 is 0. The first-order valence-electron chi connectivity index (χ1n) is 7.05. The third-order valence-electron chi connectivity index (χ3n) is 3.48. The van der Waals surface area contributed by atoms with Gasteiger partial charge in [-0.3, -0.25) is 4.79 Å². The molecule has 1 amide bonds. The Morgan fingerprint density at radius 3 is 2.42 bits per heavy atom. The van der Waals surface area contributed by atoms with Crippen molar-refractivity contribution in [2.75, 3.05) is 0 Å². The van der Waals surface area contributed by atoms with Crippen LogP contribution in [0.2, 0.25) is 0 Å². The SMILES string of the molecule is CCCC(C(=O)NCc1ccccc1CO)C(C)C. The van der Waals surface area contributed by atoms with Gasteiger partial charge in [-0.15, -0.1) is 0 Å². The number of rotatable bonds is 7. The van der Waals surface area contributed by atoms with E-state index in [0.717, 1.165) is 24.0 Å². The number of aliphatic hydroxyl groups is 1. The van der Waals surface area contributed by atoms with Crippen molar-refractivity contribution in [3.63, 3.8) is 0 Å². The lowest BCUT2D eigenvalue weighted by Gasteiger charge is -2.20. The second-order valence-electron chi connectivity index (χ2n) is 5.28. The van der Waals surface area contributed by atoms with Crippen LogP contribution >= 0.6 is 0 Å². The van der Waals surface area contributed by atoms with E-state index in [0.29, 0.717) is 12.5 Å². The zero-order valence-corrected chi connectivity index (χ0v) is 12.1. The molecule has 1 rings (SSSR count). The molecule has 0 spiro atoms. The van der Waals surface area contributed by atoms with Crippen molar-refractivity contribution in [1.29, 1.82) is 0 Å². The molecule has 0 fully saturated rings. The summed E-state index contributed by atoms with van der Waals surface area (Å²) in [5.74, 6) is 0.545. The van der Waals surface area contributed by atoms with Crippen molar-refractivity contribution in [1.82, 2.24) is 5.32 Å². The fourth-order valence-electron chi connectivity index (χ4n) is 2.28. The standard InChI is InChI=1S/C16H25NO2/c1-4-7-15(12(2)3)16(19)17-10-13-8-5-6-9-14(13)11-18/h5-6,8-9,12,15,18H,4,7,10-11H2,1-3H3,(H,17,19). The maximum atomic E-state index is 12.2. The molecule has 1 aromatic rings. The zero-order valence-electron chi connectivity index (χ0n) is 12.1. The Morgan fingerprint density at radius 2 is 1.89 bits per heavy atom. The van der Waals surface area contributed by atoms with Crippen LogP contribution in [-0.2, 0) is 17.9 Å². The van der Waals surface area contributed by atoms with Gasteiger partial charge in [0.05, 0.1) is 6.61 Å². The van der Waals surface area contributed by atoms with Crippen molar-refractivity contribution < 1.29 is 9.90 Å². The number of carbonyl (C=O) groups excluding carboxylic acids is 1. The van der Waals surface area contributed by atoms with Gasteiger partial charge in [0.25, 0.3) is 0 Å². The van der Waals surface area contributed by atoms with Crippen LogP contribution in [0.3, 0.4) is 0 Å². The molecule has 0 bridgehead atoms. The topological polar surface area (TPSA) is 49.3 Å². The van der Waals surface area contributed by atoms with Crippen LogP contribution < -0.4 is 5.32 Å². The lowest BCUT2D eigenvalue weighted by Crippen LogP contribution is -2.33. The third-order valence-corrected chi connectivity index (χ3v) is 3.48. The minimum Gasteiger partial charge on any atom is -0.392 e. The fourth-order valence-corrected chi connectivity index (χ4v) is 2.28. The first kappa shape index (κ1) is 15.7. The number of benzene rings is 1. The first-order chi connectivity index (χ1) is 9.10. The second-order valence-corrected chi connectivity index (χ2v) is 5.28. The zero-order chi connectivity index (χ0) is 14.3. The minimum absolute atomic E-state index is 0.00854. The van der Waals surface area contributed by atoms with Gasteiger partial charge in [-0.1, -0.05) is 51.5 Å². The normalized spacial score (nSPS) is 12.5. The molecular formula is C16H25NO2. The Morgan fingerprint density at radius 1 is 1.26 bits per heavy atom. The van der Waals surface area contributed by atoms with Crippen LogP contribution in [0.25, 0.3) is 0 Å². The average molecular weight is 263 g/mol. The summed E-state index contributed by atoms with van der Waals surface area (Å²) in [5, 5.41) is 12.2. The van der Waals surface area contributed by atoms with E-state index in [1.54, 1.807) is 0 Å². The van der Waals surface area contributed by atoms with Gasteiger partial charge >= 0.3 is 0 Å². The summed E-state index contributed by atoms with van der Waals surface area (Å²) in [4.78, 5) is 12.2. The summed E-state index contributed by atoms with van der Waals surface area (Å²) in [6.45, 7) is 6.77. The van der Waals surface area contributed by atoms with E-state index < -0.39 is 0 Å². The molecule has 0 radical (unpaired) electrons. The van der Waals surface area contributed by atoms with Gasteiger partial charge in [0, 0.05) is 12.5 Å². The number of aliphatic hydroxyl groups excluding tert-OH is 1. The second kappa shape index (κ2) is 7.95. The van der Waals surface area contributed by atoms with E-state index >= 15 is 0 Å². The Kier molecular flexibility index (Phi) is 6.57. The Labute approximate surface area is 116 Å². The number of hydrogen-bond donors (Lipinski definition) is 2. The van der Waals surface area contributed by atoms with E-state index in [4.69, 9.17) is 0 Å². The van der Waals surface area contributed by atoms with Crippen molar-refractivity contribution in [2.24, 2.45) is 11.8 Å². The molecule has 1 atom stereocenters. The molecule has 3 nitrogen and oxygen atoms in total. The number of nitrogens with one attached hydrogen (secondary N) is 1. The third kappa shape index (κ3) is 4.67. The highest BCUT2D eigenvalue weighted by molar-refractivity contribution is 5.78. The quantitative estimate of drug-likeness (QED) is 0.794. The molecule has 106 valence electrons. The maximum Gasteiger partial charge on any atom is 0.223 e. The largest absolute Gasteiger partial charge is 0.392 e. The minimum atomic E-state index is 0.00854. The summed E-state index contributed by atoms with van der Waals surface area (Å²) in [6, 6.07) is 7.64. The van der Waals surface area contributed by atoms with Crippen LogP contribution in [0.1, 0.15) is 44.7 Å². The van der Waals surface area contributed by atoms with Gasteiger partial charge in [-0.2, -0.15) is 0 Å². The molecule has 0 aromatic heterocycles. The molecule has 0 aliphatic rings. The van der Waals surface area contributed by atoms with Crippen LogP contribution in [0.15, 0.2) is 24.3 Å². The lowest BCUT2D eigenvalue weighted by atomic mass is 9.90. The van der Waals surface area contributed by atoms with Crippen LogP contribution in [0.4, 0.5) is 0 Å². The van der Waals surface area contributed by atoms with Crippen LogP contribution in [-0.4, -0.2) is 11.0 Å². The van der Waals surface area contributed by atoms with Gasteiger partial charge in [-0.25, -0.2) is 0 Å². The molecule has 0 heterocycles. The number of carbonyl (C=O) groups is 1. The number of hydrogen-bond acceptors (Lipinski definition) is 2. The number of amides is 1. The van der Waals surface area contributed by atoms with Gasteiger partial charge in [-0.05, 0) is 23.5 Å². The monoisotopic (exact) mass is 263 g/mol. The van der Waals surface area contributed by atoms with E-state index in [1.165, 1.54) is 0 Å². The molecule has 0 saturated heterocycles. The molecular weight excluding hydrogens is 238 g/mol. The average Bonchev–Trinajstić information content (AvgIpc) is 2.42. The molecule has 1 unspecified atom stereocenters. The predicted molar refractivity (Wildman–Crippen MR) is 77.4 cm³/mol. The Hall–Kier alpha value is -1.35. The van der Waals surface area contributed by atoms with Crippen molar-refractivity contribution >= 4 is 5.91 Å². The fraction of sp³-hybridized carbons (Fsp3) is 0.562. The van der Waals surface area contributed by atoms with Crippen molar-refractivity contribution in [3.8, 4) is 0 Å². The Bertz CT molecular complexity index is 401. The van der Waals surface area contributed by atoms with Gasteiger partial charge in [0.15, 0.2) is 0 Å². The van der Waals surface area contributed by atoms with Crippen molar-refractivity contribution in [3.05, 3.63) is 35.4 Å². The van der Waals surface area contributed by atoms with Gasteiger partial charge in [0.1, 0.15) is 0 Å². The van der Waals surface area contributed by atoms with E-state index in [2.05, 4.69) is 26.1 Å². The summed E-state index contributed by atoms with van der Waals surface area (Å²) >= 11 is 0. The van der Waals surface area contributed by atoms with Crippen molar-refractivity contribution in [2.45, 2.75) is 46.8 Å². The molecule has 19 heavy (non-hydrogen) atoms. The summed E-state index contributed by atoms with van der Waals surface area (Å²) in [6.07, 6.45) is 1.94. The predicted octanol–water partition coefficient (Wildman–Crippen LogP) is 2.87. The highest BCUT2D eigenvalue weighted by Gasteiger charge is 2.20. The summed E-state index contributed by atoms with van der Waals surface area (Å²) in [5.41, 5.74) is 1.86. The molecule has 0 saturated carbocycles. The van der Waals surface area contributed by atoms with Crippen LogP contribution in [0.5, 0.6) is 0 Å². The highest BCUT2D eigenvalue weighted by Crippen LogP contribution is 2.17. The molecule has 0 aliphatic carbocycles. The molecule has 2 N–H and O–H groups in total. The maximum absolute atomic E-state index is 12.2. The van der Waals surface area contributed by atoms with Gasteiger partial charge in [0.2, 0.25) is 5.91 Å². The smallest absolute Gasteiger partial charge is 0.223 e. The molecule has 0 aliphatic heterocycles. The molecule has 3 heteroatoms. The Balaban J connectivity index is 2.62. The first-order valence-corrected chi connectivity index (χ1v) is 7.05.